The van der Waals surface area contributed by atoms with E-state index in [1.807, 2.05) is 30.0 Å². The summed E-state index contributed by atoms with van der Waals surface area (Å²) >= 11 is 1.18. The maximum Gasteiger partial charge on any atom is 0.268 e. The highest BCUT2D eigenvalue weighted by Gasteiger charge is 2.35. The Balaban J connectivity index is 1.89. The molecule has 128 valence electrons. The Kier molecular flexibility index (Phi) is 4.99. The van der Waals surface area contributed by atoms with E-state index in [1.165, 1.54) is 11.5 Å². The van der Waals surface area contributed by atoms with Gasteiger partial charge in [0, 0.05) is 11.6 Å². The number of carbonyl (C=O) groups is 1. The summed E-state index contributed by atoms with van der Waals surface area (Å²) in [5.41, 5.74) is 1.71. The van der Waals surface area contributed by atoms with Crippen LogP contribution in [0.25, 0.3) is 0 Å². The molecule has 1 amide bonds. The van der Waals surface area contributed by atoms with E-state index in [0.29, 0.717) is 17.8 Å². The number of hydrogen-bond acceptors (Lipinski definition) is 6. The Bertz CT molecular complexity index is 728. The molecule has 1 fully saturated rings. The van der Waals surface area contributed by atoms with Crippen molar-refractivity contribution >= 4 is 17.4 Å². The van der Waals surface area contributed by atoms with Crippen LogP contribution >= 0.6 is 11.5 Å². The smallest absolute Gasteiger partial charge is 0.268 e. The van der Waals surface area contributed by atoms with Crippen LogP contribution in [-0.4, -0.2) is 40.7 Å². The first-order valence-corrected chi connectivity index (χ1v) is 8.78. The Labute approximate surface area is 145 Å². The molecule has 7 heteroatoms. The number of ether oxygens (including phenoxy) is 2. The fourth-order valence-electron chi connectivity index (χ4n) is 2.67. The zero-order valence-corrected chi connectivity index (χ0v) is 14.9. The molecular weight excluding hydrogens is 326 g/mol. The van der Waals surface area contributed by atoms with Gasteiger partial charge in [0.2, 0.25) is 0 Å². The van der Waals surface area contributed by atoms with Crippen LogP contribution in [0.3, 0.4) is 0 Å². The third-order valence-electron chi connectivity index (χ3n) is 4.16. The lowest BCUT2D eigenvalue weighted by atomic mass is 10.1. The van der Waals surface area contributed by atoms with E-state index in [-0.39, 0.29) is 11.9 Å². The van der Waals surface area contributed by atoms with E-state index in [2.05, 4.69) is 9.59 Å². The van der Waals surface area contributed by atoms with Gasteiger partial charge in [0.15, 0.2) is 0 Å². The molecule has 0 radical (unpaired) electrons. The van der Waals surface area contributed by atoms with Crippen molar-refractivity contribution in [1.82, 2.24) is 14.5 Å². The zero-order valence-electron chi connectivity index (χ0n) is 14.1. The van der Waals surface area contributed by atoms with Crippen LogP contribution in [0.4, 0.5) is 0 Å². The molecule has 2 aromatic rings. The molecule has 1 heterocycles. The first kappa shape index (κ1) is 16.7. The molecule has 0 saturated heterocycles. The second-order valence-corrected chi connectivity index (χ2v) is 6.50. The number of aromatic nitrogens is 2. The number of rotatable bonds is 7. The quantitative estimate of drug-likeness (QED) is 0.770. The van der Waals surface area contributed by atoms with E-state index in [9.17, 15) is 4.79 Å². The monoisotopic (exact) mass is 347 g/mol. The Morgan fingerprint density at radius 2 is 2.12 bits per heavy atom. The molecule has 1 aromatic carbocycles. The molecule has 0 atom stereocenters. The molecule has 6 nitrogen and oxygen atoms in total. The molecule has 1 aromatic heterocycles. The summed E-state index contributed by atoms with van der Waals surface area (Å²) < 4.78 is 14.7. The van der Waals surface area contributed by atoms with E-state index < -0.39 is 0 Å². The van der Waals surface area contributed by atoms with Crippen LogP contribution in [0.1, 0.15) is 40.7 Å². The van der Waals surface area contributed by atoms with Crippen molar-refractivity contribution in [3.8, 4) is 11.5 Å². The summed E-state index contributed by atoms with van der Waals surface area (Å²) in [6.45, 7) is 2.48. The highest BCUT2D eigenvalue weighted by Crippen LogP contribution is 2.33. The SMILES string of the molecule is CCc1nnsc1C(=O)N(Cc1cc(OC)ccc1OC)C1CC1. The van der Waals surface area contributed by atoms with Crippen molar-refractivity contribution in [3.05, 3.63) is 34.3 Å². The zero-order chi connectivity index (χ0) is 17.1. The number of nitrogens with zero attached hydrogens (tertiary/aromatic N) is 3. The van der Waals surface area contributed by atoms with Gasteiger partial charge in [0.05, 0.1) is 26.5 Å². The third kappa shape index (κ3) is 3.36. The number of aryl methyl sites for hydroxylation is 1. The van der Waals surface area contributed by atoms with Crippen molar-refractivity contribution in [3.63, 3.8) is 0 Å². The fourth-order valence-corrected chi connectivity index (χ4v) is 3.38. The second-order valence-electron chi connectivity index (χ2n) is 5.74. The van der Waals surface area contributed by atoms with Crippen molar-refractivity contribution in [2.75, 3.05) is 14.2 Å². The summed E-state index contributed by atoms with van der Waals surface area (Å²) in [6.07, 6.45) is 2.77. The van der Waals surface area contributed by atoms with Crippen molar-refractivity contribution in [2.24, 2.45) is 0 Å². The van der Waals surface area contributed by atoms with Gasteiger partial charge in [-0.15, -0.1) is 5.10 Å². The van der Waals surface area contributed by atoms with Crippen LogP contribution in [0.2, 0.25) is 0 Å². The lowest BCUT2D eigenvalue weighted by molar-refractivity contribution is 0.0732. The maximum atomic E-state index is 13.0. The van der Waals surface area contributed by atoms with E-state index in [0.717, 1.165) is 35.6 Å². The molecule has 3 rings (SSSR count). The van der Waals surface area contributed by atoms with Crippen molar-refractivity contribution in [1.29, 1.82) is 0 Å². The minimum Gasteiger partial charge on any atom is -0.497 e. The third-order valence-corrected chi connectivity index (χ3v) is 4.92. The van der Waals surface area contributed by atoms with Crippen LogP contribution in [0.5, 0.6) is 11.5 Å². The second kappa shape index (κ2) is 7.17. The topological polar surface area (TPSA) is 64.6 Å². The van der Waals surface area contributed by atoms with Crippen LogP contribution in [-0.2, 0) is 13.0 Å². The fraction of sp³-hybridized carbons (Fsp3) is 0.471. The number of methoxy groups -OCH3 is 2. The standard InChI is InChI=1S/C17H21N3O3S/c1-4-14-16(24-19-18-14)17(21)20(12-5-6-12)10-11-9-13(22-2)7-8-15(11)23-3/h7-9,12H,4-6,10H2,1-3H3. The molecule has 0 unspecified atom stereocenters. The summed E-state index contributed by atoms with van der Waals surface area (Å²) in [6, 6.07) is 5.93. The highest BCUT2D eigenvalue weighted by atomic mass is 32.1. The van der Waals surface area contributed by atoms with Gasteiger partial charge < -0.3 is 14.4 Å². The van der Waals surface area contributed by atoms with Gasteiger partial charge in [-0.05, 0) is 49.0 Å². The minimum atomic E-state index is 0.00854. The van der Waals surface area contributed by atoms with Gasteiger partial charge in [0.1, 0.15) is 16.4 Å². The van der Waals surface area contributed by atoms with Gasteiger partial charge in [0.25, 0.3) is 5.91 Å². The van der Waals surface area contributed by atoms with Crippen LogP contribution < -0.4 is 9.47 Å². The van der Waals surface area contributed by atoms with Crippen LogP contribution in [0.15, 0.2) is 18.2 Å². The van der Waals surface area contributed by atoms with Crippen molar-refractivity contribution < 1.29 is 14.3 Å². The molecule has 24 heavy (non-hydrogen) atoms. The summed E-state index contributed by atoms with van der Waals surface area (Å²) in [5, 5.41) is 4.06. The van der Waals surface area contributed by atoms with Gasteiger partial charge in [-0.1, -0.05) is 11.4 Å². The summed E-state index contributed by atoms with van der Waals surface area (Å²) in [5.74, 6) is 1.52. The first-order valence-electron chi connectivity index (χ1n) is 8.01. The van der Waals surface area contributed by atoms with E-state index >= 15 is 0 Å². The molecular formula is C17H21N3O3S. The van der Waals surface area contributed by atoms with Gasteiger partial charge in [-0.3, -0.25) is 4.79 Å². The van der Waals surface area contributed by atoms with Crippen molar-refractivity contribution in [2.45, 2.75) is 38.8 Å². The molecule has 0 aliphatic heterocycles. The summed E-state index contributed by atoms with van der Waals surface area (Å²) in [7, 11) is 3.27. The number of benzene rings is 1. The van der Waals surface area contributed by atoms with Gasteiger partial charge >= 0.3 is 0 Å². The maximum absolute atomic E-state index is 13.0. The normalized spacial score (nSPS) is 13.6. The Morgan fingerprint density at radius 3 is 2.75 bits per heavy atom. The average Bonchev–Trinajstić information content (AvgIpc) is 3.34. The molecule has 0 N–H and O–H groups in total. The van der Waals surface area contributed by atoms with E-state index in [1.54, 1.807) is 14.2 Å². The summed E-state index contributed by atoms with van der Waals surface area (Å²) in [4.78, 5) is 15.6. The van der Waals surface area contributed by atoms with Gasteiger partial charge in [-0.25, -0.2) is 0 Å². The number of hydrogen-bond donors (Lipinski definition) is 0. The molecule has 0 spiro atoms. The largest absolute Gasteiger partial charge is 0.497 e. The first-order chi connectivity index (χ1) is 11.7. The number of amides is 1. The van der Waals surface area contributed by atoms with E-state index in [4.69, 9.17) is 9.47 Å². The lowest BCUT2D eigenvalue weighted by Gasteiger charge is -2.23. The lowest BCUT2D eigenvalue weighted by Crippen LogP contribution is -2.32. The highest BCUT2D eigenvalue weighted by molar-refractivity contribution is 7.08. The number of carbonyl (C=O) groups excluding carboxylic acids is 1. The molecule has 1 aliphatic rings. The Morgan fingerprint density at radius 1 is 1.33 bits per heavy atom. The molecule has 0 bridgehead atoms. The minimum absolute atomic E-state index is 0.00854. The average molecular weight is 347 g/mol. The molecule has 1 saturated carbocycles. The Hall–Kier alpha value is -2.15. The molecule has 1 aliphatic carbocycles. The predicted molar refractivity (Wildman–Crippen MR) is 91.7 cm³/mol. The van der Waals surface area contributed by atoms with Gasteiger partial charge in [-0.2, -0.15) is 0 Å². The van der Waals surface area contributed by atoms with Crippen LogP contribution in [0, 0.1) is 0 Å². The predicted octanol–water partition coefficient (Wildman–Crippen LogP) is 2.92.